The highest BCUT2D eigenvalue weighted by molar-refractivity contribution is 7.41. The minimum Gasteiger partial charge on any atom is -0.316 e. The molecule has 4 aliphatic rings. The molecule has 100 valence electrons. The Morgan fingerprint density at radius 1 is 0.944 bits per heavy atom. The van der Waals surface area contributed by atoms with Crippen LogP contribution >= 0.6 is 8.60 Å². The van der Waals surface area contributed by atoms with E-state index in [9.17, 15) is 0 Å². The maximum Gasteiger partial charge on any atom is 0.332 e. The van der Waals surface area contributed by atoms with Crippen molar-refractivity contribution in [2.45, 2.75) is 25.4 Å². The highest BCUT2D eigenvalue weighted by atomic mass is 31.2. The third kappa shape index (κ3) is 1.51. The minimum atomic E-state index is -1.12. The molecule has 0 aromatic heterocycles. The molecular weight excluding hydrogens is 247 g/mol. The largest absolute Gasteiger partial charge is 0.332 e. The van der Waals surface area contributed by atoms with E-state index in [4.69, 9.17) is 13.6 Å². The average molecular weight is 268 g/mol. The van der Waals surface area contributed by atoms with Crippen molar-refractivity contribution in [3.63, 3.8) is 0 Å². The molecule has 0 spiro atoms. The molecule has 3 nitrogen and oxygen atoms in total. The predicted molar refractivity (Wildman–Crippen MR) is 69.7 cm³/mol. The van der Waals surface area contributed by atoms with Crippen LogP contribution in [0.4, 0.5) is 0 Å². The van der Waals surface area contributed by atoms with Gasteiger partial charge in [-0.2, -0.15) is 0 Å². The third-order valence-corrected chi connectivity index (χ3v) is 6.77. The molecule has 0 amide bonds. The zero-order valence-electron chi connectivity index (χ0n) is 11.0. The second kappa shape index (κ2) is 4.28. The second-order valence-electron chi connectivity index (χ2n) is 6.23. The monoisotopic (exact) mass is 268 g/mol. The summed E-state index contributed by atoms with van der Waals surface area (Å²) >= 11 is 0. The van der Waals surface area contributed by atoms with Crippen LogP contribution in [0, 0.1) is 35.5 Å². The SMILES string of the molecule is COP(OC)OC1CC2CC1C1C3C=CC(C3)C21. The smallest absolute Gasteiger partial charge is 0.316 e. The van der Waals surface area contributed by atoms with Crippen LogP contribution in [0.5, 0.6) is 0 Å². The molecular formula is C14H21O3P. The summed E-state index contributed by atoms with van der Waals surface area (Å²) in [6, 6.07) is 0. The Bertz CT molecular complexity index is 368. The molecule has 4 heteroatoms. The molecule has 0 aliphatic heterocycles. The number of hydrogen-bond acceptors (Lipinski definition) is 3. The van der Waals surface area contributed by atoms with Crippen LogP contribution in [0.2, 0.25) is 0 Å². The van der Waals surface area contributed by atoms with Gasteiger partial charge in [-0.25, -0.2) is 0 Å². The average Bonchev–Trinajstić information content (AvgIpc) is 3.12. The van der Waals surface area contributed by atoms with Crippen molar-refractivity contribution in [2.24, 2.45) is 35.5 Å². The first-order valence-electron chi connectivity index (χ1n) is 7.05. The van der Waals surface area contributed by atoms with Crippen LogP contribution < -0.4 is 0 Å². The van der Waals surface area contributed by atoms with Crippen molar-refractivity contribution in [2.75, 3.05) is 14.2 Å². The molecule has 4 bridgehead atoms. The summed E-state index contributed by atoms with van der Waals surface area (Å²) in [5, 5.41) is 0. The van der Waals surface area contributed by atoms with Gasteiger partial charge in [-0.05, 0) is 54.8 Å². The van der Waals surface area contributed by atoms with E-state index < -0.39 is 8.60 Å². The first kappa shape index (κ1) is 11.8. The molecule has 4 aliphatic carbocycles. The van der Waals surface area contributed by atoms with Gasteiger partial charge in [0.05, 0.1) is 6.10 Å². The van der Waals surface area contributed by atoms with Gasteiger partial charge in [0.25, 0.3) is 0 Å². The van der Waals surface area contributed by atoms with E-state index in [2.05, 4.69) is 12.2 Å². The van der Waals surface area contributed by atoms with Crippen LogP contribution in [0.3, 0.4) is 0 Å². The quantitative estimate of drug-likeness (QED) is 0.444. The molecule has 0 heterocycles. The van der Waals surface area contributed by atoms with Gasteiger partial charge in [-0.15, -0.1) is 0 Å². The number of rotatable bonds is 4. The van der Waals surface area contributed by atoms with E-state index in [-0.39, 0.29) is 0 Å². The zero-order valence-corrected chi connectivity index (χ0v) is 11.9. The molecule has 4 rings (SSSR count). The lowest BCUT2D eigenvalue weighted by Gasteiger charge is -2.36. The van der Waals surface area contributed by atoms with Crippen LogP contribution in [-0.2, 0) is 13.6 Å². The molecule has 0 N–H and O–H groups in total. The Kier molecular flexibility index (Phi) is 2.81. The van der Waals surface area contributed by atoms with Crippen LogP contribution in [-0.4, -0.2) is 20.3 Å². The minimum absolute atomic E-state index is 0.384. The fourth-order valence-corrected chi connectivity index (χ4v) is 6.13. The summed E-state index contributed by atoms with van der Waals surface area (Å²) in [5.41, 5.74) is 0. The molecule has 3 saturated carbocycles. The zero-order chi connectivity index (χ0) is 12.3. The number of allylic oxidation sites excluding steroid dienone is 2. The summed E-state index contributed by atoms with van der Waals surface area (Å²) in [7, 11) is 2.22. The second-order valence-corrected chi connectivity index (χ2v) is 7.62. The van der Waals surface area contributed by atoms with E-state index in [1.807, 2.05) is 0 Å². The standard InChI is InChI=1S/C14H21O3P/c1-15-18(16-2)17-12-7-10-6-11(12)14-9-4-3-8(5-9)13(10)14/h3-4,8-14H,5-7H2,1-2H3. The van der Waals surface area contributed by atoms with Gasteiger partial charge >= 0.3 is 8.60 Å². The van der Waals surface area contributed by atoms with Gasteiger partial charge in [0.15, 0.2) is 0 Å². The summed E-state index contributed by atoms with van der Waals surface area (Å²) in [6.07, 6.45) is 9.37. The van der Waals surface area contributed by atoms with Crippen molar-refractivity contribution in [3.8, 4) is 0 Å². The van der Waals surface area contributed by atoms with Crippen molar-refractivity contribution < 1.29 is 13.6 Å². The fourth-order valence-electron chi connectivity index (χ4n) is 5.35. The Morgan fingerprint density at radius 2 is 1.67 bits per heavy atom. The van der Waals surface area contributed by atoms with Gasteiger partial charge in [-0.1, -0.05) is 12.2 Å². The Labute approximate surface area is 110 Å². The Hall–Kier alpha value is 0.0500. The summed E-state index contributed by atoms with van der Waals surface area (Å²) < 4.78 is 16.6. The lowest BCUT2D eigenvalue weighted by atomic mass is 9.72. The summed E-state index contributed by atoms with van der Waals surface area (Å²) in [4.78, 5) is 0. The van der Waals surface area contributed by atoms with Gasteiger partial charge in [0.2, 0.25) is 0 Å². The third-order valence-electron chi connectivity index (χ3n) is 5.73. The van der Waals surface area contributed by atoms with E-state index in [0.29, 0.717) is 6.10 Å². The first-order chi connectivity index (χ1) is 8.81. The number of hydrogen-bond donors (Lipinski definition) is 0. The van der Waals surface area contributed by atoms with Crippen molar-refractivity contribution >= 4 is 8.60 Å². The van der Waals surface area contributed by atoms with E-state index >= 15 is 0 Å². The van der Waals surface area contributed by atoms with Gasteiger partial charge in [-0.3, -0.25) is 0 Å². The van der Waals surface area contributed by atoms with Crippen LogP contribution in [0.25, 0.3) is 0 Å². The first-order valence-corrected chi connectivity index (χ1v) is 8.14. The van der Waals surface area contributed by atoms with Crippen LogP contribution in [0.1, 0.15) is 19.3 Å². The van der Waals surface area contributed by atoms with E-state index in [1.165, 1.54) is 19.3 Å². The Morgan fingerprint density at radius 3 is 2.39 bits per heavy atom. The molecule has 3 fully saturated rings. The maximum absolute atomic E-state index is 6.06. The molecule has 0 radical (unpaired) electrons. The molecule has 7 unspecified atom stereocenters. The van der Waals surface area contributed by atoms with Crippen LogP contribution in [0.15, 0.2) is 12.2 Å². The van der Waals surface area contributed by atoms with E-state index in [1.54, 1.807) is 14.2 Å². The van der Waals surface area contributed by atoms with Gasteiger partial charge < -0.3 is 13.6 Å². The lowest BCUT2D eigenvalue weighted by Crippen LogP contribution is -2.34. The number of fused-ring (bicyclic) bond motifs is 9. The highest BCUT2D eigenvalue weighted by Gasteiger charge is 2.61. The lowest BCUT2D eigenvalue weighted by molar-refractivity contribution is 0.0496. The normalized spacial score (nSPS) is 51.6. The van der Waals surface area contributed by atoms with Crippen molar-refractivity contribution in [1.82, 2.24) is 0 Å². The van der Waals surface area contributed by atoms with Gasteiger partial charge in [0, 0.05) is 14.2 Å². The fraction of sp³-hybridized carbons (Fsp3) is 0.857. The molecule has 18 heavy (non-hydrogen) atoms. The molecule has 0 aromatic rings. The van der Waals surface area contributed by atoms with Gasteiger partial charge in [0.1, 0.15) is 0 Å². The molecule has 0 aromatic carbocycles. The molecule has 0 saturated heterocycles. The van der Waals surface area contributed by atoms with Crippen molar-refractivity contribution in [1.29, 1.82) is 0 Å². The predicted octanol–water partition coefficient (Wildman–Crippen LogP) is 3.37. The van der Waals surface area contributed by atoms with E-state index in [0.717, 1.165) is 35.5 Å². The van der Waals surface area contributed by atoms with Crippen molar-refractivity contribution in [3.05, 3.63) is 12.2 Å². The molecule has 7 atom stereocenters. The summed E-state index contributed by atoms with van der Waals surface area (Å²) in [5.74, 6) is 5.27. The topological polar surface area (TPSA) is 27.7 Å². The highest BCUT2D eigenvalue weighted by Crippen LogP contribution is 2.66. The maximum atomic E-state index is 6.06. The Balaban J connectivity index is 1.50. The summed E-state index contributed by atoms with van der Waals surface area (Å²) in [6.45, 7) is 0.